The molecule has 1 amide bonds. The zero-order chi connectivity index (χ0) is 18.7. The van der Waals surface area contributed by atoms with Crippen LogP contribution in [-0.4, -0.2) is 90.0 Å². The number of amides is 1. The number of rotatable bonds is 4. The van der Waals surface area contributed by atoms with E-state index in [4.69, 9.17) is 16.3 Å². The lowest BCUT2D eigenvalue weighted by Gasteiger charge is -2.35. The van der Waals surface area contributed by atoms with Gasteiger partial charge < -0.3 is 19.4 Å². The van der Waals surface area contributed by atoms with E-state index in [0.717, 1.165) is 32.0 Å². The van der Waals surface area contributed by atoms with Crippen LogP contribution in [0.5, 0.6) is 0 Å². The molecule has 0 aromatic carbocycles. The molecule has 26 heavy (non-hydrogen) atoms. The van der Waals surface area contributed by atoms with Crippen LogP contribution in [0.15, 0.2) is 11.2 Å². The molecule has 3 heterocycles. The van der Waals surface area contributed by atoms with Gasteiger partial charge in [0.1, 0.15) is 11.0 Å². The maximum atomic E-state index is 12.5. The second-order valence-electron chi connectivity index (χ2n) is 6.97. The number of carbonyl (C=O) groups is 1. The minimum Gasteiger partial charge on any atom is -0.372 e. The third-order valence-corrected chi connectivity index (χ3v) is 5.61. The predicted molar refractivity (Wildman–Crippen MR) is 104 cm³/mol. The minimum absolute atomic E-state index is 0.0685. The lowest BCUT2D eigenvalue weighted by Crippen LogP contribution is -2.48. The van der Waals surface area contributed by atoms with Crippen molar-refractivity contribution >= 4 is 35.1 Å². The molecule has 1 aromatic heterocycles. The largest absolute Gasteiger partial charge is 0.372 e. The zero-order valence-electron chi connectivity index (χ0n) is 15.5. The fraction of sp³-hybridized carbons (Fsp3) is 0.706. The Morgan fingerprint density at radius 2 is 1.88 bits per heavy atom. The van der Waals surface area contributed by atoms with Crippen molar-refractivity contribution in [1.82, 2.24) is 19.8 Å². The van der Waals surface area contributed by atoms with E-state index in [-0.39, 0.29) is 18.1 Å². The number of likely N-dealkylation sites (N-methyl/N-ethyl adjacent to an activating group) is 1. The highest BCUT2D eigenvalue weighted by Crippen LogP contribution is 2.23. The maximum absolute atomic E-state index is 12.5. The molecule has 0 N–H and O–H groups in total. The number of thioether (sulfide) groups is 1. The lowest BCUT2D eigenvalue weighted by molar-refractivity contribution is -0.140. The van der Waals surface area contributed by atoms with Gasteiger partial charge in [-0.1, -0.05) is 23.4 Å². The molecule has 0 spiro atoms. The number of ether oxygens (including phenoxy) is 1. The summed E-state index contributed by atoms with van der Waals surface area (Å²) in [6.07, 6.45) is 0.137. The monoisotopic (exact) mass is 399 g/mol. The highest BCUT2D eigenvalue weighted by molar-refractivity contribution is 7.99. The average molecular weight is 400 g/mol. The van der Waals surface area contributed by atoms with Crippen LogP contribution < -0.4 is 4.90 Å². The van der Waals surface area contributed by atoms with Gasteiger partial charge in [0, 0.05) is 45.3 Å². The van der Waals surface area contributed by atoms with Crippen molar-refractivity contribution in [1.29, 1.82) is 0 Å². The number of aromatic nitrogens is 2. The fourth-order valence-corrected chi connectivity index (χ4v) is 4.23. The van der Waals surface area contributed by atoms with Crippen LogP contribution in [0.3, 0.4) is 0 Å². The lowest BCUT2D eigenvalue weighted by atomic mass is 10.2. The van der Waals surface area contributed by atoms with Gasteiger partial charge in [0.25, 0.3) is 0 Å². The third kappa shape index (κ3) is 5.22. The topological polar surface area (TPSA) is 61.8 Å². The summed E-state index contributed by atoms with van der Waals surface area (Å²) in [5.74, 6) is 1.23. The van der Waals surface area contributed by atoms with E-state index in [0.29, 0.717) is 29.2 Å². The van der Waals surface area contributed by atoms with Crippen LogP contribution >= 0.6 is 23.4 Å². The van der Waals surface area contributed by atoms with Crippen molar-refractivity contribution in [2.24, 2.45) is 0 Å². The number of nitrogens with zero attached hydrogens (tertiary/aromatic N) is 5. The van der Waals surface area contributed by atoms with E-state index in [1.54, 1.807) is 6.07 Å². The SMILES string of the molecule is CC1CN(C(=O)CSc2nc(Cl)cc(N3CCN(C)CC3)n2)CC(C)O1. The van der Waals surface area contributed by atoms with E-state index in [1.165, 1.54) is 11.8 Å². The first-order chi connectivity index (χ1) is 12.4. The molecular weight excluding hydrogens is 374 g/mol. The molecule has 2 fully saturated rings. The van der Waals surface area contributed by atoms with Crippen molar-refractivity contribution in [3.8, 4) is 0 Å². The summed E-state index contributed by atoms with van der Waals surface area (Å²) in [5, 5.41) is 0.964. The second-order valence-corrected chi connectivity index (χ2v) is 8.30. The Morgan fingerprint density at radius 3 is 2.54 bits per heavy atom. The molecule has 3 rings (SSSR count). The number of anilines is 1. The first-order valence-electron chi connectivity index (χ1n) is 8.95. The van der Waals surface area contributed by atoms with Gasteiger partial charge >= 0.3 is 0 Å². The van der Waals surface area contributed by atoms with Crippen molar-refractivity contribution in [3.63, 3.8) is 0 Å². The van der Waals surface area contributed by atoms with Gasteiger partial charge in [-0.15, -0.1) is 0 Å². The van der Waals surface area contributed by atoms with E-state index in [2.05, 4.69) is 26.8 Å². The molecule has 9 heteroatoms. The molecule has 0 bridgehead atoms. The Kier molecular flexibility index (Phi) is 6.60. The normalized spacial score (nSPS) is 24.8. The smallest absolute Gasteiger partial charge is 0.233 e. The number of hydrogen-bond donors (Lipinski definition) is 0. The molecule has 2 atom stereocenters. The molecule has 0 radical (unpaired) electrons. The molecule has 2 aliphatic heterocycles. The maximum Gasteiger partial charge on any atom is 0.233 e. The van der Waals surface area contributed by atoms with Crippen molar-refractivity contribution in [2.45, 2.75) is 31.2 Å². The highest BCUT2D eigenvalue weighted by Gasteiger charge is 2.26. The van der Waals surface area contributed by atoms with E-state index in [9.17, 15) is 4.79 Å². The molecule has 144 valence electrons. The number of hydrogen-bond acceptors (Lipinski definition) is 7. The summed E-state index contributed by atoms with van der Waals surface area (Å²) in [6.45, 7) is 9.06. The summed E-state index contributed by atoms with van der Waals surface area (Å²) in [7, 11) is 2.12. The Bertz CT molecular complexity index is 632. The Morgan fingerprint density at radius 1 is 1.23 bits per heavy atom. The van der Waals surface area contributed by atoms with Gasteiger partial charge in [0.05, 0.1) is 18.0 Å². The number of piperazine rings is 1. The molecular formula is C17H26ClN5O2S. The van der Waals surface area contributed by atoms with E-state index < -0.39 is 0 Å². The summed E-state index contributed by atoms with van der Waals surface area (Å²) < 4.78 is 5.68. The van der Waals surface area contributed by atoms with Crippen LogP contribution in [0.2, 0.25) is 5.15 Å². The minimum atomic E-state index is 0.0685. The van der Waals surface area contributed by atoms with Gasteiger partial charge in [-0.2, -0.15) is 0 Å². The molecule has 1 aromatic rings. The van der Waals surface area contributed by atoms with Gasteiger partial charge in [0.2, 0.25) is 5.91 Å². The Labute approximate surface area is 164 Å². The van der Waals surface area contributed by atoms with Crippen LogP contribution in [0.25, 0.3) is 0 Å². The molecule has 2 saturated heterocycles. The van der Waals surface area contributed by atoms with Crippen molar-refractivity contribution in [3.05, 3.63) is 11.2 Å². The van der Waals surface area contributed by atoms with Gasteiger partial charge in [0.15, 0.2) is 5.16 Å². The van der Waals surface area contributed by atoms with Crippen molar-refractivity contribution in [2.75, 3.05) is 57.0 Å². The van der Waals surface area contributed by atoms with Crippen LogP contribution in [0.1, 0.15) is 13.8 Å². The quantitative estimate of drug-likeness (QED) is 0.433. The Hall–Kier alpha value is -1.09. The molecule has 0 aliphatic carbocycles. The van der Waals surface area contributed by atoms with E-state index in [1.807, 2.05) is 18.7 Å². The van der Waals surface area contributed by atoms with Crippen LogP contribution in [0.4, 0.5) is 5.82 Å². The van der Waals surface area contributed by atoms with Gasteiger partial charge in [-0.3, -0.25) is 4.79 Å². The highest BCUT2D eigenvalue weighted by atomic mass is 35.5. The molecule has 7 nitrogen and oxygen atoms in total. The van der Waals surface area contributed by atoms with Crippen LogP contribution in [0, 0.1) is 0 Å². The first-order valence-corrected chi connectivity index (χ1v) is 10.3. The molecule has 0 saturated carbocycles. The summed E-state index contributed by atoms with van der Waals surface area (Å²) in [4.78, 5) is 27.8. The van der Waals surface area contributed by atoms with Crippen molar-refractivity contribution < 1.29 is 9.53 Å². The summed E-state index contributed by atoms with van der Waals surface area (Å²) in [6, 6.07) is 1.80. The predicted octanol–water partition coefficient (Wildman–Crippen LogP) is 1.61. The Balaban J connectivity index is 1.60. The zero-order valence-corrected chi connectivity index (χ0v) is 17.1. The third-order valence-electron chi connectivity index (χ3n) is 4.59. The number of carbonyl (C=O) groups excluding carboxylic acids is 1. The molecule has 2 unspecified atom stereocenters. The fourth-order valence-electron chi connectivity index (χ4n) is 3.25. The first kappa shape index (κ1) is 19.7. The van der Waals surface area contributed by atoms with Crippen LogP contribution in [-0.2, 0) is 9.53 Å². The number of halogens is 1. The standard InChI is InChI=1S/C17H26ClN5O2S/c1-12-9-23(10-13(2)25-12)16(24)11-26-17-19-14(18)8-15(20-17)22-6-4-21(3)5-7-22/h8,12-13H,4-7,9-11H2,1-3H3. The van der Waals surface area contributed by atoms with Gasteiger partial charge in [-0.25, -0.2) is 9.97 Å². The molecule has 2 aliphatic rings. The summed E-state index contributed by atoms with van der Waals surface area (Å²) in [5.41, 5.74) is 0. The summed E-state index contributed by atoms with van der Waals surface area (Å²) >= 11 is 7.53. The number of morpholine rings is 1. The van der Waals surface area contributed by atoms with E-state index >= 15 is 0 Å². The second kappa shape index (κ2) is 8.73. The van der Waals surface area contributed by atoms with Gasteiger partial charge in [-0.05, 0) is 20.9 Å². The average Bonchev–Trinajstić information content (AvgIpc) is 2.59.